The van der Waals surface area contributed by atoms with Crippen LogP contribution in [-0.2, 0) is 5.41 Å². The molecular formula is C17H18Br2O. The molecule has 1 N–H and O–H groups in total. The summed E-state index contributed by atoms with van der Waals surface area (Å²) in [5.74, 6) is 0. The van der Waals surface area contributed by atoms with Crippen LogP contribution < -0.4 is 0 Å². The van der Waals surface area contributed by atoms with E-state index in [2.05, 4.69) is 64.8 Å². The summed E-state index contributed by atoms with van der Waals surface area (Å²) in [6, 6.07) is 14.0. The molecule has 0 saturated carbocycles. The molecule has 1 atom stereocenters. The Bertz CT molecular complexity index is 597. The fourth-order valence-corrected chi connectivity index (χ4v) is 2.91. The van der Waals surface area contributed by atoms with E-state index in [-0.39, 0.29) is 5.41 Å². The smallest absolute Gasteiger partial charge is 0.105 e. The molecule has 2 aromatic rings. The second-order valence-corrected chi connectivity index (χ2v) is 7.71. The SMILES string of the molecule is CC(C)(C)c1ccc(C(O)c2cc(Br)ccc2Br)cc1. The Morgan fingerprint density at radius 1 is 0.950 bits per heavy atom. The van der Waals surface area contributed by atoms with Crippen LogP contribution in [0.25, 0.3) is 0 Å². The lowest BCUT2D eigenvalue weighted by molar-refractivity contribution is 0.219. The Morgan fingerprint density at radius 3 is 2.10 bits per heavy atom. The summed E-state index contributed by atoms with van der Waals surface area (Å²) in [5.41, 5.74) is 3.15. The van der Waals surface area contributed by atoms with Gasteiger partial charge in [-0.05, 0) is 34.7 Å². The van der Waals surface area contributed by atoms with Crippen molar-refractivity contribution in [1.29, 1.82) is 0 Å². The van der Waals surface area contributed by atoms with Crippen molar-refractivity contribution in [3.8, 4) is 0 Å². The van der Waals surface area contributed by atoms with E-state index >= 15 is 0 Å². The van der Waals surface area contributed by atoms with Gasteiger partial charge in [0.05, 0.1) is 0 Å². The van der Waals surface area contributed by atoms with Crippen LogP contribution in [0, 0.1) is 0 Å². The van der Waals surface area contributed by atoms with Crippen LogP contribution in [0.2, 0.25) is 0 Å². The Balaban J connectivity index is 2.34. The van der Waals surface area contributed by atoms with E-state index in [9.17, 15) is 5.11 Å². The second-order valence-electron chi connectivity index (χ2n) is 5.94. The summed E-state index contributed by atoms with van der Waals surface area (Å²) in [6.45, 7) is 6.55. The maximum Gasteiger partial charge on any atom is 0.105 e. The predicted octanol–water partition coefficient (Wildman–Crippen LogP) is 5.59. The van der Waals surface area contributed by atoms with E-state index in [4.69, 9.17) is 0 Å². The first-order valence-electron chi connectivity index (χ1n) is 6.52. The van der Waals surface area contributed by atoms with Crippen LogP contribution in [0.15, 0.2) is 51.4 Å². The molecule has 2 aromatic carbocycles. The Labute approximate surface area is 137 Å². The van der Waals surface area contributed by atoms with Crippen molar-refractivity contribution in [3.63, 3.8) is 0 Å². The number of aliphatic hydroxyl groups is 1. The van der Waals surface area contributed by atoms with Crippen molar-refractivity contribution < 1.29 is 5.11 Å². The number of hydrogen-bond acceptors (Lipinski definition) is 1. The second kappa shape index (κ2) is 6.00. The average molecular weight is 398 g/mol. The van der Waals surface area contributed by atoms with Gasteiger partial charge in [-0.2, -0.15) is 0 Å². The van der Waals surface area contributed by atoms with Gasteiger partial charge in [0.2, 0.25) is 0 Å². The topological polar surface area (TPSA) is 20.2 Å². The highest BCUT2D eigenvalue weighted by Gasteiger charge is 2.17. The van der Waals surface area contributed by atoms with Crippen molar-refractivity contribution in [2.75, 3.05) is 0 Å². The number of halogens is 2. The van der Waals surface area contributed by atoms with Crippen molar-refractivity contribution in [2.45, 2.75) is 32.3 Å². The largest absolute Gasteiger partial charge is 0.384 e. The van der Waals surface area contributed by atoms with Gasteiger partial charge in [-0.1, -0.05) is 76.9 Å². The maximum absolute atomic E-state index is 10.5. The number of aliphatic hydroxyl groups excluding tert-OH is 1. The standard InChI is InChI=1S/C17H18Br2O/c1-17(2,3)12-6-4-11(5-7-12)16(20)14-10-13(18)8-9-15(14)19/h4-10,16,20H,1-3H3. The highest BCUT2D eigenvalue weighted by atomic mass is 79.9. The van der Waals surface area contributed by atoms with Gasteiger partial charge in [-0.3, -0.25) is 0 Å². The van der Waals surface area contributed by atoms with Crippen LogP contribution in [0.1, 0.15) is 43.6 Å². The van der Waals surface area contributed by atoms with E-state index in [1.165, 1.54) is 5.56 Å². The average Bonchev–Trinajstić information content (AvgIpc) is 2.40. The summed E-state index contributed by atoms with van der Waals surface area (Å²) in [7, 11) is 0. The van der Waals surface area contributed by atoms with Crippen molar-refractivity contribution in [2.24, 2.45) is 0 Å². The van der Waals surface area contributed by atoms with Crippen LogP contribution in [0.3, 0.4) is 0 Å². The van der Waals surface area contributed by atoms with Crippen LogP contribution in [0.4, 0.5) is 0 Å². The molecule has 0 saturated heterocycles. The lowest BCUT2D eigenvalue weighted by Gasteiger charge is -2.20. The molecule has 1 nitrogen and oxygen atoms in total. The van der Waals surface area contributed by atoms with Gasteiger partial charge in [-0.25, -0.2) is 0 Å². The molecule has 0 aliphatic carbocycles. The summed E-state index contributed by atoms with van der Waals surface area (Å²) >= 11 is 6.94. The summed E-state index contributed by atoms with van der Waals surface area (Å²) in [5, 5.41) is 10.5. The molecule has 0 aliphatic heterocycles. The molecule has 0 aromatic heterocycles. The molecule has 0 heterocycles. The molecule has 0 amide bonds. The minimum Gasteiger partial charge on any atom is -0.384 e. The molecule has 0 spiro atoms. The molecule has 106 valence electrons. The molecule has 0 fully saturated rings. The number of rotatable bonds is 2. The van der Waals surface area contributed by atoms with Crippen molar-refractivity contribution >= 4 is 31.9 Å². The third-order valence-electron chi connectivity index (χ3n) is 3.35. The summed E-state index contributed by atoms with van der Waals surface area (Å²) < 4.78 is 1.87. The Morgan fingerprint density at radius 2 is 1.55 bits per heavy atom. The molecular weight excluding hydrogens is 380 g/mol. The summed E-state index contributed by atoms with van der Waals surface area (Å²) in [6.07, 6.45) is -0.629. The van der Waals surface area contributed by atoms with Gasteiger partial charge >= 0.3 is 0 Å². The van der Waals surface area contributed by atoms with E-state index in [1.807, 2.05) is 30.3 Å². The van der Waals surface area contributed by atoms with E-state index in [0.717, 1.165) is 20.1 Å². The minimum atomic E-state index is -0.629. The monoisotopic (exact) mass is 396 g/mol. The van der Waals surface area contributed by atoms with Gasteiger partial charge < -0.3 is 5.11 Å². The molecule has 1 unspecified atom stereocenters. The minimum absolute atomic E-state index is 0.125. The quantitative estimate of drug-likeness (QED) is 0.700. The first-order chi connectivity index (χ1) is 9.29. The zero-order chi connectivity index (χ0) is 14.9. The molecule has 2 rings (SSSR count). The van der Waals surface area contributed by atoms with Crippen molar-refractivity contribution in [3.05, 3.63) is 68.1 Å². The molecule has 0 aliphatic rings. The highest BCUT2D eigenvalue weighted by molar-refractivity contribution is 9.11. The van der Waals surface area contributed by atoms with Crippen LogP contribution in [-0.4, -0.2) is 5.11 Å². The maximum atomic E-state index is 10.5. The Kier molecular flexibility index (Phi) is 4.73. The van der Waals surface area contributed by atoms with Crippen molar-refractivity contribution in [1.82, 2.24) is 0 Å². The van der Waals surface area contributed by atoms with Crippen LogP contribution in [0.5, 0.6) is 0 Å². The number of benzene rings is 2. The lowest BCUT2D eigenvalue weighted by atomic mass is 9.86. The highest BCUT2D eigenvalue weighted by Crippen LogP contribution is 2.32. The first-order valence-corrected chi connectivity index (χ1v) is 8.11. The molecule has 3 heteroatoms. The van der Waals surface area contributed by atoms with Gasteiger partial charge in [0.15, 0.2) is 0 Å². The lowest BCUT2D eigenvalue weighted by Crippen LogP contribution is -2.11. The van der Waals surface area contributed by atoms with Crippen LogP contribution >= 0.6 is 31.9 Å². The molecule has 20 heavy (non-hydrogen) atoms. The van der Waals surface area contributed by atoms with Gasteiger partial charge in [0.1, 0.15) is 6.10 Å². The number of hydrogen-bond donors (Lipinski definition) is 1. The zero-order valence-electron chi connectivity index (χ0n) is 11.8. The normalized spacial score (nSPS) is 13.3. The Hall–Kier alpha value is -0.640. The fourth-order valence-electron chi connectivity index (χ4n) is 2.07. The molecule has 0 bridgehead atoms. The first kappa shape index (κ1) is 15.7. The zero-order valence-corrected chi connectivity index (χ0v) is 15.0. The third-order valence-corrected chi connectivity index (χ3v) is 4.56. The van der Waals surface area contributed by atoms with E-state index in [1.54, 1.807) is 0 Å². The predicted molar refractivity (Wildman–Crippen MR) is 91.0 cm³/mol. The third kappa shape index (κ3) is 3.51. The van der Waals surface area contributed by atoms with E-state index in [0.29, 0.717) is 0 Å². The molecule has 0 radical (unpaired) electrons. The van der Waals surface area contributed by atoms with Gasteiger partial charge in [0, 0.05) is 14.5 Å². The fraction of sp³-hybridized carbons (Fsp3) is 0.294. The van der Waals surface area contributed by atoms with Gasteiger partial charge in [0.25, 0.3) is 0 Å². The van der Waals surface area contributed by atoms with Gasteiger partial charge in [-0.15, -0.1) is 0 Å². The summed E-state index contributed by atoms with van der Waals surface area (Å²) in [4.78, 5) is 0. The van der Waals surface area contributed by atoms with E-state index < -0.39 is 6.10 Å².